The summed E-state index contributed by atoms with van der Waals surface area (Å²) in [6.45, 7) is 1.92. The fourth-order valence-electron chi connectivity index (χ4n) is 1.96. The molecule has 102 valence electrons. The standard InChI is InChI=1S/C12H12BrFN2O2S/c1-7(17)19-6-8-2-11(18)16(5-8)10-3-9(13)4-15-12(10)14/h3-4,8H,2,5-6H2,1H3. The number of hydrogen-bond donors (Lipinski definition) is 0. The van der Waals surface area contributed by atoms with Crippen molar-refractivity contribution in [2.75, 3.05) is 17.2 Å². The smallest absolute Gasteiger partial charge is 0.236 e. The number of aromatic nitrogens is 1. The van der Waals surface area contributed by atoms with Crippen molar-refractivity contribution in [3.8, 4) is 0 Å². The van der Waals surface area contributed by atoms with Gasteiger partial charge in [0.2, 0.25) is 11.9 Å². The highest BCUT2D eigenvalue weighted by Crippen LogP contribution is 2.30. The first-order valence-corrected chi connectivity index (χ1v) is 7.50. The van der Waals surface area contributed by atoms with E-state index in [4.69, 9.17) is 0 Å². The van der Waals surface area contributed by atoms with E-state index in [2.05, 4.69) is 20.9 Å². The molecule has 1 aromatic heterocycles. The van der Waals surface area contributed by atoms with Crippen LogP contribution in [0.5, 0.6) is 0 Å². The summed E-state index contributed by atoms with van der Waals surface area (Å²) in [4.78, 5) is 27.8. The molecule has 19 heavy (non-hydrogen) atoms. The molecule has 1 atom stereocenters. The van der Waals surface area contributed by atoms with Crippen molar-refractivity contribution < 1.29 is 14.0 Å². The Hall–Kier alpha value is -0.950. The van der Waals surface area contributed by atoms with Crippen LogP contribution >= 0.6 is 27.7 Å². The van der Waals surface area contributed by atoms with Crippen LogP contribution in [0.1, 0.15) is 13.3 Å². The predicted octanol–water partition coefficient (Wildman–Crippen LogP) is 2.62. The topological polar surface area (TPSA) is 50.3 Å². The number of rotatable bonds is 3. The maximum Gasteiger partial charge on any atom is 0.236 e. The lowest BCUT2D eigenvalue weighted by Gasteiger charge is -2.17. The summed E-state index contributed by atoms with van der Waals surface area (Å²) in [6, 6.07) is 1.54. The zero-order valence-corrected chi connectivity index (χ0v) is 12.6. The Balaban J connectivity index is 2.11. The van der Waals surface area contributed by atoms with Gasteiger partial charge in [-0.15, -0.1) is 0 Å². The lowest BCUT2D eigenvalue weighted by atomic mass is 10.1. The number of anilines is 1. The summed E-state index contributed by atoms with van der Waals surface area (Å²) in [7, 11) is 0. The maximum absolute atomic E-state index is 13.7. The Labute approximate surface area is 122 Å². The molecule has 1 fully saturated rings. The van der Waals surface area contributed by atoms with E-state index in [1.165, 1.54) is 29.8 Å². The summed E-state index contributed by atoms with van der Waals surface area (Å²) >= 11 is 4.41. The molecule has 0 spiro atoms. The van der Waals surface area contributed by atoms with Gasteiger partial charge in [-0.2, -0.15) is 4.39 Å². The molecule has 1 amide bonds. The summed E-state index contributed by atoms with van der Waals surface area (Å²) in [5, 5.41) is 0.0289. The highest BCUT2D eigenvalue weighted by atomic mass is 79.9. The van der Waals surface area contributed by atoms with Crippen LogP contribution in [0.15, 0.2) is 16.7 Å². The molecule has 0 bridgehead atoms. The van der Waals surface area contributed by atoms with E-state index in [0.717, 1.165) is 0 Å². The van der Waals surface area contributed by atoms with Gasteiger partial charge in [0.1, 0.15) is 5.69 Å². The van der Waals surface area contributed by atoms with Gasteiger partial charge in [-0.3, -0.25) is 9.59 Å². The molecular weight excluding hydrogens is 335 g/mol. The van der Waals surface area contributed by atoms with Crippen LogP contribution < -0.4 is 4.90 Å². The SMILES string of the molecule is CC(=O)SCC1CC(=O)N(c2cc(Br)cnc2F)C1. The lowest BCUT2D eigenvalue weighted by molar-refractivity contribution is -0.117. The molecule has 1 aliphatic rings. The van der Waals surface area contributed by atoms with Crippen molar-refractivity contribution in [1.82, 2.24) is 4.98 Å². The number of hydrogen-bond acceptors (Lipinski definition) is 4. The minimum absolute atomic E-state index is 0.0289. The molecule has 2 heterocycles. The normalized spacial score (nSPS) is 19.0. The van der Waals surface area contributed by atoms with Gasteiger partial charge in [0, 0.05) is 36.3 Å². The number of thioether (sulfide) groups is 1. The molecule has 0 radical (unpaired) electrons. The van der Waals surface area contributed by atoms with E-state index in [0.29, 0.717) is 23.2 Å². The molecule has 2 rings (SSSR count). The minimum atomic E-state index is -0.656. The monoisotopic (exact) mass is 346 g/mol. The van der Waals surface area contributed by atoms with E-state index in [9.17, 15) is 14.0 Å². The van der Waals surface area contributed by atoms with Crippen molar-refractivity contribution in [2.45, 2.75) is 13.3 Å². The Bertz CT molecular complexity index is 526. The zero-order valence-electron chi connectivity index (χ0n) is 10.2. The van der Waals surface area contributed by atoms with Crippen molar-refractivity contribution >= 4 is 44.4 Å². The fraction of sp³-hybridized carbons (Fsp3) is 0.417. The third-order valence-electron chi connectivity index (χ3n) is 2.81. The largest absolute Gasteiger partial charge is 0.308 e. The van der Waals surface area contributed by atoms with Crippen molar-refractivity contribution in [3.05, 3.63) is 22.7 Å². The molecule has 1 aromatic rings. The number of carbonyl (C=O) groups is 2. The van der Waals surface area contributed by atoms with E-state index in [1.807, 2.05) is 0 Å². The van der Waals surface area contributed by atoms with E-state index in [1.54, 1.807) is 6.07 Å². The second-order valence-corrected chi connectivity index (χ2v) is 6.45. The van der Waals surface area contributed by atoms with Gasteiger partial charge >= 0.3 is 0 Å². The summed E-state index contributed by atoms with van der Waals surface area (Å²) in [5.41, 5.74) is 0.190. The first-order chi connectivity index (χ1) is 8.97. The Kier molecular flexibility index (Phi) is 4.57. The predicted molar refractivity (Wildman–Crippen MR) is 75.5 cm³/mol. The average Bonchev–Trinajstić information content (AvgIpc) is 2.71. The van der Waals surface area contributed by atoms with Crippen LogP contribution in [0.2, 0.25) is 0 Å². The van der Waals surface area contributed by atoms with Crippen molar-refractivity contribution in [3.63, 3.8) is 0 Å². The molecule has 1 unspecified atom stereocenters. The van der Waals surface area contributed by atoms with Gasteiger partial charge in [0.15, 0.2) is 5.12 Å². The van der Waals surface area contributed by atoms with Gasteiger partial charge in [0.25, 0.3) is 0 Å². The Morgan fingerprint density at radius 2 is 2.42 bits per heavy atom. The molecule has 0 N–H and O–H groups in total. The fourth-order valence-corrected chi connectivity index (χ4v) is 2.98. The minimum Gasteiger partial charge on any atom is -0.308 e. The van der Waals surface area contributed by atoms with Crippen LogP contribution in [0.3, 0.4) is 0 Å². The first-order valence-electron chi connectivity index (χ1n) is 5.72. The molecule has 7 heteroatoms. The third kappa shape index (κ3) is 3.54. The molecule has 1 aliphatic heterocycles. The quantitative estimate of drug-likeness (QED) is 0.789. The lowest BCUT2D eigenvalue weighted by Crippen LogP contribution is -2.26. The van der Waals surface area contributed by atoms with Gasteiger partial charge < -0.3 is 4.90 Å². The molecule has 1 saturated heterocycles. The Morgan fingerprint density at radius 1 is 1.68 bits per heavy atom. The molecule has 4 nitrogen and oxygen atoms in total. The Morgan fingerprint density at radius 3 is 3.11 bits per heavy atom. The zero-order chi connectivity index (χ0) is 14.0. The first kappa shape index (κ1) is 14.5. The second-order valence-electron chi connectivity index (χ2n) is 4.34. The molecular formula is C12H12BrFN2O2S. The van der Waals surface area contributed by atoms with Gasteiger partial charge in [-0.1, -0.05) is 11.8 Å². The maximum atomic E-state index is 13.7. The summed E-state index contributed by atoms with van der Waals surface area (Å²) in [5.74, 6) is -0.134. The van der Waals surface area contributed by atoms with Crippen molar-refractivity contribution in [2.24, 2.45) is 5.92 Å². The highest BCUT2D eigenvalue weighted by molar-refractivity contribution is 9.10. The number of nitrogens with zero attached hydrogens (tertiary/aromatic N) is 2. The van der Waals surface area contributed by atoms with Gasteiger partial charge in [-0.05, 0) is 27.9 Å². The van der Waals surface area contributed by atoms with Gasteiger partial charge in [-0.25, -0.2) is 4.98 Å². The second kappa shape index (κ2) is 6.00. The molecule has 0 aliphatic carbocycles. The van der Waals surface area contributed by atoms with Crippen LogP contribution in [-0.4, -0.2) is 28.3 Å². The number of halogens is 2. The summed E-state index contributed by atoms with van der Waals surface area (Å²) < 4.78 is 14.3. The van der Waals surface area contributed by atoms with Gasteiger partial charge in [0.05, 0.1) is 0 Å². The van der Waals surface area contributed by atoms with E-state index >= 15 is 0 Å². The number of amides is 1. The van der Waals surface area contributed by atoms with E-state index in [-0.39, 0.29) is 22.6 Å². The van der Waals surface area contributed by atoms with E-state index < -0.39 is 5.95 Å². The van der Waals surface area contributed by atoms with Crippen LogP contribution in [0, 0.1) is 11.9 Å². The molecule has 0 aromatic carbocycles. The van der Waals surface area contributed by atoms with Crippen LogP contribution in [0.25, 0.3) is 0 Å². The summed E-state index contributed by atoms with van der Waals surface area (Å²) in [6.07, 6.45) is 1.69. The average molecular weight is 347 g/mol. The van der Waals surface area contributed by atoms with Crippen molar-refractivity contribution in [1.29, 1.82) is 0 Å². The molecule has 0 saturated carbocycles. The highest BCUT2D eigenvalue weighted by Gasteiger charge is 2.32. The van der Waals surface area contributed by atoms with Crippen LogP contribution in [-0.2, 0) is 9.59 Å². The van der Waals surface area contributed by atoms with Crippen LogP contribution in [0.4, 0.5) is 10.1 Å². The third-order valence-corrected chi connectivity index (χ3v) is 4.28. The number of carbonyl (C=O) groups excluding carboxylic acids is 2. The number of pyridine rings is 1.